The first-order chi connectivity index (χ1) is 16.0. The van der Waals surface area contributed by atoms with Crippen LogP contribution in [0, 0.1) is 13.8 Å². The lowest BCUT2D eigenvalue weighted by atomic mass is 9.98. The molecule has 3 aromatic heterocycles. The zero-order chi connectivity index (χ0) is 22.9. The van der Waals surface area contributed by atoms with E-state index in [-0.39, 0.29) is 11.5 Å². The van der Waals surface area contributed by atoms with Crippen LogP contribution < -0.4 is 10.7 Å². The predicted octanol–water partition coefficient (Wildman–Crippen LogP) is 6.77. The fourth-order valence-electron chi connectivity index (χ4n) is 4.14. The van der Waals surface area contributed by atoms with Gasteiger partial charge in [0, 0.05) is 33.8 Å². The molecule has 0 fully saturated rings. The number of pyridine rings is 1. The van der Waals surface area contributed by atoms with Crippen LogP contribution in [-0.4, -0.2) is 9.36 Å². The Labute approximate surface area is 195 Å². The molecule has 5 aromatic rings. The van der Waals surface area contributed by atoms with E-state index in [9.17, 15) is 4.79 Å². The van der Waals surface area contributed by atoms with Crippen molar-refractivity contribution in [3.05, 3.63) is 99.3 Å². The lowest BCUT2D eigenvalue weighted by Crippen LogP contribution is -2.13. The highest BCUT2D eigenvalue weighted by molar-refractivity contribution is 7.03. The molecule has 164 valence electrons. The molecule has 0 aliphatic heterocycles. The van der Waals surface area contributed by atoms with E-state index in [1.807, 2.05) is 74.0 Å². The van der Waals surface area contributed by atoms with E-state index in [2.05, 4.69) is 27.7 Å². The van der Waals surface area contributed by atoms with Crippen LogP contribution in [0.4, 0.5) is 5.69 Å². The standard InChI is InChI=1S/C27H23N3O2S/c1-16-12-21(18(3)30-23-10-7-11-28-24(23)20-14-29-33-15-20)27-22(13-16)25(31)17(2)26(32-27)19-8-5-4-6-9-19/h4-15,18,30H,1-3H3. The van der Waals surface area contributed by atoms with Crippen molar-refractivity contribution < 1.29 is 4.42 Å². The van der Waals surface area contributed by atoms with Crippen molar-refractivity contribution in [1.82, 2.24) is 9.36 Å². The summed E-state index contributed by atoms with van der Waals surface area (Å²) in [6.45, 7) is 5.90. The minimum atomic E-state index is -0.128. The highest BCUT2D eigenvalue weighted by Gasteiger charge is 2.20. The predicted molar refractivity (Wildman–Crippen MR) is 135 cm³/mol. The molecule has 1 unspecified atom stereocenters. The highest BCUT2D eigenvalue weighted by atomic mass is 32.1. The fourth-order valence-corrected chi connectivity index (χ4v) is 4.66. The second-order valence-electron chi connectivity index (χ2n) is 8.16. The number of aryl methyl sites for hydroxylation is 1. The minimum Gasteiger partial charge on any atom is -0.455 e. The molecule has 6 heteroatoms. The van der Waals surface area contributed by atoms with E-state index >= 15 is 0 Å². The number of aromatic nitrogens is 2. The Morgan fingerprint density at radius 2 is 1.85 bits per heavy atom. The number of hydrogen-bond acceptors (Lipinski definition) is 6. The summed E-state index contributed by atoms with van der Waals surface area (Å²) in [5, 5.41) is 6.16. The van der Waals surface area contributed by atoms with Gasteiger partial charge in [-0.25, -0.2) is 4.37 Å². The second kappa shape index (κ2) is 8.64. The van der Waals surface area contributed by atoms with Crippen molar-refractivity contribution in [3.8, 4) is 22.6 Å². The molecule has 0 aliphatic rings. The maximum absolute atomic E-state index is 13.3. The van der Waals surface area contributed by atoms with Crippen molar-refractivity contribution in [2.24, 2.45) is 0 Å². The summed E-state index contributed by atoms with van der Waals surface area (Å²) in [5.74, 6) is 0.608. The Bertz CT molecular complexity index is 1490. The third-order valence-corrected chi connectivity index (χ3v) is 6.37. The number of benzene rings is 2. The molecule has 0 amide bonds. The minimum absolute atomic E-state index is 0.00123. The number of nitrogens with one attached hydrogen (secondary N) is 1. The largest absolute Gasteiger partial charge is 0.455 e. The topological polar surface area (TPSA) is 68.0 Å². The van der Waals surface area contributed by atoms with Crippen LogP contribution in [0.1, 0.15) is 29.7 Å². The van der Waals surface area contributed by atoms with E-state index in [0.29, 0.717) is 22.3 Å². The Balaban J connectivity index is 1.64. The van der Waals surface area contributed by atoms with Gasteiger partial charge in [0.15, 0.2) is 5.43 Å². The third kappa shape index (κ3) is 3.94. The monoisotopic (exact) mass is 453 g/mol. The van der Waals surface area contributed by atoms with Gasteiger partial charge in [-0.05, 0) is 56.1 Å². The summed E-state index contributed by atoms with van der Waals surface area (Å²) < 4.78 is 10.7. The molecular weight excluding hydrogens is 430 g/mol. The molecule has 0 spiro atoms. The van der Waals surface area contributed by atoms with Crippen LogP contribution in [0.3, 0.4) is 0 Å². The van der Waals surface area contributed by atoms with Gasteiger partial charge in [0.2, 0.25) is 0 Å². The smallest absolute Gasteiger partial charge is 0.196 e. The van der Waals surface area contributed by atoms with Gasteiger partial charge in [-0.15, -0.1) is 0 Å². The van der Waals surface area contributed by atoms with Gasteiger partial charge in [0.25, 0.3) is 0 Å². The maximum atomic E-state index is 13.3. The Kier molecular flexibility index (Phi) is 5.52. The number of anilines is 1. The number of rotatable bonds is 5. The summed E-state index contributed by atoms with van der Waals surface area (Å²) in [4.78, 5) is 17.9. The normalized spacial score (nSPS) is 12.1. The molecule has 0 saturated heterocycles. The summed E-state index contributed by atoms with van der Waals surface area (Å²) in [7, 11) is 0. The van der Waals surface area contributed by atoms with Crippen molar-refractivity contribution in [3.63, 3.8) is 0 Å². The van der Waals surface area contributed by atoms with Gasteiger partial charge in [0.1, 0.15) is 11.3 Å². The summed E-state index contributed by atoms with van der Waals surface area (Å²) in [6.07, 6.45) is 3.59. The number of nitrogens with zero attached hydrogens (tertiary/aromatic N) is 2. The maximum Gasteiger partial charge on any atom is 0.196 e. The lowest BCUT2D eigenvalue weighted by molar-refractivity contribution is 0.605. The molecule has 5 rings (SSSR count). The van der Waals surface area contributed by atoms with E-state index in [0.717, 1.165) is 33.6 Å². The van der Waals surface area contributed by atoms with Gasteiger partial charge < -0.3 is 9.73 Å². The fraction of sp³-hybridized carbons (Fsp3) is 0.148. The van der Waals surface area contributed by atoms with Crippen molar-refractivity contribution in [1.29, 1.82) is 0 Å². The van der Waals surface area contributed by atoms with Crippen LogP contribution in [0.25, 0.3) is 33.6 Å². The zero-order valence-electron chi connectivity index (χ0n) is 18.6. The Morgan fingerprint density at radius 3 is 2.61 bits per heavy atom. The summed E-state index contributed by atoms with van der Waals surface area (Å²) >= 11 is 1.40. The molecule has 0 saturated carbocycles. The number of hydrogen-bond donors (Lipinski definition) is 1. The van der Waals surface area contributed by atoms with E-state index in [4.69, 9.17) is 4.42 Å². The van der Waals surface area contributed by atoms with Crippen LogP contribution in [0.15, 0.2) is 81.6 Å². The molecular formula is C27H23N3O2S. The van der Waals surface area contributed by atoms with Crippen molar-refractivity contribution >= 4 is 28.2 Å². The van der Waals surface area contributed by atoms with Gasteiger partial charge in [0.05, 0.1) is 29.0 Å². The van der Waals surface area contributed by atoms with Gasteiger partial charge in [-0.3, -0.25) is 9.78 Å². The third-order valence-electron chi connectivity index (χ3n) is 5.78. The molecule has 1 atom stereocenters. The van der Waals surface area contributed by atoms with Crippen molar-refractivity contribution in [2.75, 3.05) is 5.32 Å². The molecule has 0 radical (unpaired) electrons. The van der Waals surface area contributed by atoms with Gasteiger partial charge in [-0.1, -0.05) is 36.4 Å². The summed E-state index contributed by atoms with van der Waals surface area (Å²) in [6, 6.07) is 17.5. The van der Waals surface area contributed by atoms with Crippen LogP contribution in [0.2, 0.25) is 0 Å². The van der Waals surface area contributed by atoms with E-state index in [1.54, 1.807) is 6.20 Å². The molecule has 1 N–H and O–H groups in total. The van der Waals surface area contributed by atoms with Crippen LogP contribution in [-0.2, 0) is 0 Å². The molecule has 0 aliphatic carbocycles. The molecule has 0 bridgehead atoms. The lowest BCUT2D eigenvalue weighted by Gasteiger charge is -2.20. The molecule has 2 aromatic carbocycles. The Morgan fingerprint density at radius 1 is 1.03 bits per heavy atom. The van der Waals surface area contributed by atoms with Crippen LogP contribution in [0.5, 0.6) is 0 Å². The molecule has 3 heterocycles. The Hall–Kier alpha value is -3.77. The zero-order valence-corrected chi connectivity index (χ0v) is 19.4. The van der Waals surface area contributed by atoms with Crippen molar-refractivity contribution in [2.45, 2.75) is 26.8 Å². The second-order valence-corrected chi connectivity index (χ2v) is 8.82. The molecule has 5 nitrogen and oxygen atoms in total. The van der Waals surface area contributed by atoms with E-state index < -0.39 is 0 Å². The average Bonchev–Trinajstić information content (AvgIpc) is 3.37. The number of fused-ring (bicyclic) bond motifs is 1. The SMILES string of the molecule is Cc1cc(C(C)Nc2cccnc2-c2cnsc2)c2oc(-c3ccccc3)c(C)c(=O)c2c1. The first kappa shape index (κ1) is 21.1. The summed E-state index contributed by atoms with van der Waals surface area (Å²) in [5.41, 5.74) is 6.77. The molecule has 33 heavy (non-hydrogen) atoms. The van der Waals surface area contributed by atoms with Gasteiger partial charge >= 0.3 is 0 Å². The highest BCUT2D eigenvalue weighted by Crippen LogP contribution is 2.34. The first-order valence-corrected chi connectivity index (χ1v) is 11.6. The average molecular weight is 454 g/mol. The van der Waals surface area contributed by atoms with Gasteiger partial charge in [-0.2, -0.15) is 0 Å². The van der Waals surface area contributed by atoms with Crippen LogP contribution >= 0.6 is 11.5 Å². The van der Waals surface area contributed by atoms with E-state index in [1.165, 1.54) is 11.5 Å². The first-order valence-electron chi connectivity index (χ1n) is 10.8. The quantitative estimate of drug-likeness (QED) is 0.318.